The van der Waals surface area contributed by atoms with Crippen molar-refractivity contribution in [2.24, 2.45) is 0 Å². The molecule has 7 heteroatoms. The first-order chi connectivity index (χ1) is 8.35. The van der Waals surface area contributed by atoms with E-state index in [1.54, 1.807) is 12.1 Å². The summed E-state index contributed by atoms with van der Waals surface area (Å²) < 4.78 is 27.4. The molecule has 0 saturated carbocycles. The maximum absolute atomic E-state index is 11.3. The highest BCUT2D eigenvalue weighted by atomic mass is 35.5. The fourth-order valence-corrected chi connectivity index (χ4v) is 2.19. The summed E-state index contributed by atoms with van der Waals surface area (Å²) in [6.45, 7) is 0.289. The zero-order chi connectivity index (χ0) is 13.8. The third-order valence-corrected chi connectivity index (χ3v) is 3.95. The molecule has 5 nitrogen and oxygen atoms in total. The van der Waals surface area contributed by atoms with Gasteiger partial charge < -0.3 is 4.90 Å². The first-order valence-corrected chi connectivity index (χ1v) is 7.32. The standard InChI is InChI=1S/C11H18ClN3O2S/c1-13-18(16,17)14-8-11(15(2)3)9-4-6-10(12)7-5-9/h4-7,11,13-14H,8H2,1-3H3. The van der Waals surface area contributed by atoms with Gasteiger partial charge in [0, 0.05) is 24.7 Å². The van der Waals surface area contributed by atoms with Crippen LogP contribution in [-0.4, -0.2) is 41.0 Å². The molecule has 1 aromatic rings. The van der Waals surface area contributed by atoms with Gasteiger partial charge in [-0.1, -0.05) is 23.7 Å². The van der Waals surface area contributed by atoms with Crippen molar-refractivity contribution >= 4 is 21.8 Å². The minimum atomic E-state index is -3.42. The fourth-order valence-electron chi connectivity index (χ4n) is 1.54. The molecular weight excluding hydrogens is 274 g/mol. The summed E-state index contributed by atoms with van der Waals surface area (Å²) in [4.78, 5) is 1.95. The lowest BCUT2D eigenvalue weighted by atomic mass is 10.1. The number of nitrogens with one attached hydrogen (secondary N) is 2. The van der Waals surface area contributed by atoms with Crippen molar-refractivity contribution in [3.05, 3.63) is 34.9 Å². The van der Waals surface area contributed by atoms with Gasteiger partial charge >= 0.3 is 0 Å². The Kier molecular flexibility index (Phi) is 5.55. The van der Waals surface area contributed by atoms with Crippen LogP contribution in [0, 0.1) is 0 Å². The van der Waals surface area contributed by atoms with E-state index in [2.05, 4.69) is 9.44 Å². The Labute approximate surface area is 113 Å². The number of hydrogen-bond donors (Lipinski definition) is 2. The van der Waals surface area contributed by atoms with Crippen molar-refractivity contribution in [1.29, 1.82) is 0 Å². The highest BCUT2D eigenvalue weighted by Crippen LogP contribution is 2.19. The lowest BCUT2D eigenvalue weighted by molar-refractivity contribution is 0.299. The minimum Gasteiger partial charge on any atom is -0.301 e. The molecule has 102 valence electrons. The molecule has 1 atom stereocenters. The van der Waals surface area contributed by atoms with E-state index in [1.807, 2.05) is 31.1 Å². The van der Waals surface area contributed by atoms with E-state index >= 15 is 0 Å². The molecule has 0 saturated heterocycles. The molecule has 0 aliphatic rings. The van der Waals surface area contributed by atoms with E-state index in [0.29, 0.717) is 5.02 Å². The highest BCUT2D eigenvalue weighted by molar-refractivity contribution is 7.87. The van der Waals surface area contributed by atoms with Gasteiger partial charge in [-0.05, 0) is 31.8 Å². The molecule has 0 spiro atoms. The van der Waals surface area contributed by atoms with Crippen LogP contribution in [0.4, 0.5) is 0 Å². The van der Waals surface area contributed by atoms with Crippen LogP contribution in [0.3, 0.4) is 0 Å². The molecule has 0 heterocycles. The molecule has 0 aromatic heterocycles. The van der Waals surface area contributed by atoms with Gasteiger partial charge in [-0.2, -0.15) is 8.42 Å². The Bertz CT molecular complexity index is 474. The summed E-state index contributed by atoms with van der Waals surface area (Å²) in [7, 11) is 1.74. The van der Waals surface area contributed by atoms with Crippen LogP contribution >= 0.6 is 11.6 Å². The number of halogens is 1. The van der Waals surface area contributed by atoms with E-state index in [9.17, 15) is 8.42 Å². The Morgan fingerprint density at radius 2 is 1.83 bits per heavy atom. The summed E-state index contributed by atoms with van der Waals surface area (Å²) >= 11 is 5.83. The molecular formula is C11H18ClN3O2S. The van der Waals surface area contributed by atoms with Crippen molar-refractivity contribution in [2.45, 2.75) is 6.04 Å². The number of nitrogens with zero attached hydrogens (tertiary/aromatic N) is 1. The van der Waals surface area contributed by atoms with Crippen molar-refractivity contribution in [3.8, 4) is 0 Å². The molecule has 2 N–H and O–H groups in total. The Hall–Kier alpha value is -0.660. The lowest BCUT2D eigenvalue weighted by Gasteiger charge is -2.25. The van der Waals surface area contributed by atoms with Gasteiger partial charge in [-0.15, -0.1) is 0 Å². The van der Waals surface area contributed by atoms with Crippen LogP contribution in [0.2, 0.25) is 5.02 Å². The Morgan fingerprint density at radius 1 is 1.28 bits per heavy atom. The summed E-state index contributed by atoms with van der Waals surface area (Å²) in [5.41, 5.74) is 1.00. The van der Waals surface area contributed by atoms with Gasteiger partial charge in [0.1, 0.15) is 0 Å². The lowest BCUT2D eigenvalue weighted by Crippen LogP contribution is -2.39. The largest absolute Gasteiger partial charge is 0.301 e. The Balaban J connectivity index is 2.81. The van der Waals surface area contributed by atoms with Crippen LogP contribution in [0.5, 0.6) is 0 Å². The second kappa shape index (κ2) is 6.49. The molecule has 18 heavy (non-hydrogen) atoms. The van der Waals surface area contributed by atoms with Crippen molar-refractivity contribution < 1.29 is 8.42 Å². The van der Waals surface area contributed by atoms with Gasteiger partial charge in [0.05, 0.1) is 0 Å². The smallest absolute Gasteiger partial charge is 0.276 e. The maximum Gasteiger partial charge on any atom is 0.276 e. The van der Waals surface area contributed by atoms with Crippen LogP contribution < -0.4 is 9.44 Å². The second-order valence-electron chi connectivity index (χ2n) is 4.09. The number of hydrogen-bond acceptors (Lipinski definition) is 3. The van der Waals surface area contributed by atoms with Gasteiger partial charge in [-0.3, -0.25) is 0 Å². The van der Waals surface area contributed by atoms with Crippen molar-refractivity contribution in [1.82, 2.24) is 14.3 Å². The molecule has 0 radical (unpaired) electrons. The number of rotatable bonds is 6. The molecule has 0 aliphatic heterocycles. The average molecular weight is 292 g/mol. The predicted octanol–water partition coefficient (Wildman–Crippen LogP) is 0.996. The summed E-state index contributed by atoms with van der Waals surface area (Å²) in [5, 5.41) is 0.659. The maximum atomic E-state index is 11.3. The first-order valence-electron chi connectivity index (χ1n) is 5.46. The monoisotopic (exact) mass is 291 g/mol. The van der Waals surface area contributed by atoms with E-state index in [4.69, 9.17) is 11.6 Å². The molecule has 1 aromatic carbocycles. The molecule has 0 aliphatic carbocycles. The fraction of sp³-hybridized carbons (Fsp3) is 0.455. The van der Waals surface area contributed by atoms with E-state index < -0.39 is 10.2 Å². The summed E-state index contributed by atoms with van der Waals surface area (Å²) in [5.74, 6) is 0. The van der Waals surface area contributed by atoms with E-state index in [-0.39, 0.29) is 12.6 Å². The van der Waals surface area contributed by atoms with Crippen LogP contribution in [0.1, 0.15) is 11.6 Å². The second-order valence-corrected chi connectivity index (χ2v) is 6.23. The van der Waals surface area contributed by atoms with Gasteiger partial charge in [0.15, 0.2) is 0 Å². The van der Waals surface area contributed by atoms with Crippen LogP contribution in [0.15, 0.2) is 24.3 Å². The van der Waals surface area contributed by atoms with Crippen LogP contribution in [0.25, 0.3) is 0 Å². The van der Waals surface area contributed by atoms with E-state index in [0.717, 1.165) is 5.56 Å². The Morgan fingerprint density at radius 3 is 2.28 bits per heavy atom. The third kappa shape index (κ3) is 4.55. The van der Waals surface area contributed by atoms with Crippen LogP contribution in [-0.2, 0) is 10.2 Å². The molecule has 1 rings (SSSR count). The molecule has 0 amide bonds. The van der Waals surface area contributed by atoms with E-state index in [1.165, 1.54) is 7.05 Å². The summed E-state index contributed by atoms with van der Waals surface area (Å²) in [6.07, 6.45) is 0. The normalized spacial score (nSPS) is 13.8. The third-order valence-electron chi connectivity index (χ3n) is 2.61. The zero-order valence-corrected chi connectivity index (χ0v) is 12.2. The van der Waals surface area contributed by atoms with Gasteiger partial charge in [-0.25, -0.2) is 9.44 Å². The average Bonchev–Trinajstić information content (AvgIpc) is 2.31. The minimum absolute atomic E-state index is 0.0506. The first kappa shape index (κ1) is 15.4. The molecule has 0 bridgehead atoms. The number of likely N-dealkylation sites (N-methyl/N-ethyl adjacent to an activating group) is 1. The summed E-state index contributed by atoms with van der Waals surface area (Å²) in [6, 6.07) is 7.31. The van der Waals surface area contributed by atoms with Crippen molar-refractivity contribution in [2.75, 3.05) is 27.7 Å². The number of benzene rings is 1. The van der Waals surface area contributed by atoms with Gasteiger partial charge in [0.2, 0.25) is 0 Å². The predicted molar refractivity (Wildman–Crippen MR) is 73.9 cm³/mol. The molecule has 0 fully saturated rings. The quantitative estimate of drug-likeness (QED) is 0.822. The topological polar surface area (TPSA) is 61.4 Å². The molecule has 1 unspecified atom stereocenters. The van der Waals surface area contributed by atoms with Gasteiger partial charge in [0.25, 0.3) is 10.2 Å². The highest BCUT2D eigenvalue weighted by Gasteiger charge is 2.16. The van der Waals surface area contributed by atoms with Crippen molar-refractivity contribution in [3.63, 3.8) is 0 Å². The zero-order valence-electron chi connectivity index (χ0n) is 10.6. The SMILES string of the molecule is CNS(=O)(=O)NCC(c1ccc(Cl)cc1)N(C)C.